The Labute approximate surface area is 135 Å². The van der Waals surface area contributed by atoms with Crippen molar-refractivity contribution in [3.8, 4) is 5.75 Å². The molecule has 1 atom stereocenters. The molecule has 7 heteroatoms. The van der Waals surface area contributed by atoms with Gasteiger partial charge >= 0.3 is 12.1 Å². The maximum atomic E-state index is 12.8. The first kappa shape index (κ1) is 17.1. The number of methoxy groups -OCH3 is 1. The third kappa shape index (κ3) is 3.39. The van der Waals surface area contributed by atoms with Gasteiger partial charge in [0.1, 0.15) is 5.75 Å². The monoisotopic (exact) mass is 379 g/mol. The zero-order chi connectivity index (χ0) is 16.5. The summed E-state index contributed by atoms with van der Waals surface area (Å²) in [6.45, 7) is 1.86. The van der Waals surface area contributed by atoms with Gasteiger partial charge in [0.15, 0.2) is 0 Å². The summed E-state index contributed by atoms with van der Waals surface area (Å²) < 4.78 is 44.3. The second-order valence-corrected chi connectivity index (χ2v) is 6.12. The fraction of sp³-hybridized carbons (Fsp3) is 0.533. The van der Waals surface area contributed by atoms with E-state index in [9.17, 15) is 18.0 Å². The molecule has 0 radical (unpaired) electrons. The Morgan fingerprint density at radius 1 is 1.41 bits per heavy atom. The predicted octanol–water partition coefficient (Wildman–Crippen LogP) is 3.73. The lowest BCUT2D eigenvalue weighted by molar-refractivity contribution is -0.187. The zero-order valence-electron chi connectivity index (χ0n) is 12.3. The van der Waals surface area contributed by atoms with Gasteiger partial charge in [-0.3, -0.25) is 4.79 Å². The second-order valence-electron chi connectivity index (χ2n) is 5.27. The molecule has 1 aliphatic heterocycles. The number of fused-ring (bicyclic) bond motifs is 1. The molecule has 1 aromatic carbocycles. The second kappa shape index (κ2) is 6.48. The van der Waals surface area contributed by atoms with Crippen LogP contribution in [0.1, 0.15) is 24.5 Å². The van der Waals surface area contributed by atoms with Gasteiger partial charge in [0.2, 0.25) is 0 Å². The van der Waals surface area contributed by atoms with Gasteiger partial charge < -0.3 is 9.64 Å². The summed E-state index contributed by atoms with van der Waals surface area (Å²) in [5.41, 5.74) is 1.88. The minimum atomic E-state index is -4.83. The van der Waals surface area contributed by atoms with Crippen molar-refractivity contribution in [2.45, 2.75) is 38.4 Å². The highest BCUT2D eigenvalue weighted by atomic mass is 79.9. The highest BCUT2D eigenvalue weighted by molar-refractivity contribution is 9.10. The molecule has 22 heavy (non-hydrogen) atoms. The number of rotatable bonds is 2. The molecular formula is C15H17BrF3NO2. The summed E-state index contributed by atoms with van der Waals surface area (Å²) in [4.78, 5) is 12.6. The smallest absolute Gasteiger partial charge is 0.471 e. The van der Waals surface area contributed by atoms with Crippen LogP contribution in [0.2, 0.25) is 0 Å². The molecule has 1 aliphatic rings. The van der Waals surface area contributed by atoms with Crippen molar-refractivity contribution in [1.82, 2.24) is 4.90 Å². The fourth-order valence-corrected chi connectivity index (χ4v) is 3.35. The molecule has 0 bridgehead atoms. The largest absolute Gasteiger partial charge is 0.496 e. The van der Waals surface area contributed by atoms with E-state index in [2.05, 4.69) is 15.9 Å². The number of alkyl halides is 3. The van der Waals surface area contributed by atoms with Gasteiger partial charge in [0, 0.05) is 12.6 Å². The van der Waals surface area contributed by atoms with Crippen LogP contribution >= 0.6 is 15.9 Å². The average molecular weight is 380 g/mol. The van der Waals surface area contributed by atoms with Crippen LogP contribution in [0.5, 0.6) is 5.75 Å². The standard InChI is InChI=1S/C15H17BrF3NO2/c1-3-11-6-10-7-12(16)13(22-2)8-9(10)4-5-20(11)14(21)15(17,18)19/h7-8,11H,3-6H2,1-2H3. The van der Waals surface area contributed by atoms with Gasteiger partial charge in [0.25, 0.3) is 0 Å². The van der Waals surface area contributed by atoms with Gasteiger partial charge in [-0.25, -0.2) is 0 Å². The zero-order valence-corrected chi connectivity index (χ0v) is 13.9. The SMILES string of the molecule is CCC1Cc2cc(Br)c(OC)cc2CCN1C(=O)C(F)(F)F. The Balaban J connectivity index is 2.35. The lowest BCUT2D eigenvalue weighted by atomic mass is 9.99. The molecule has 2 rings (SSSR count). The minimum absolute atomic E-state index is 0.0641. The Morgan fingerprint density at radius 2 is 2.09 bits per heavy atom. The fourth-order valence-electron chi connectivity index (χ4n) is 2.80. The van der Waals surface area contributed by atoms with Gasteiger partial charge in [-0.05, 0) is 58.5 Å². The van der Waals surface area contributed by atoms with Crippen LogP contribution in [-0.2, 0) is 17.6 Å². The molecule has 0 aromatic heterocycles. The molecule has 1 heterocycles. The first-order chi connectivity index (χ1) is 10.3. The van der Waals surface area contributed by atoms with E-state index in [0.29, 0.717) is 25.0 Å². The molecule has 0 saturated carbocycles. The summed E-state index contributed by atoms with van der Waals surface area (Å²) in [5.74, 6) is -1.11. The van der Waals surface area contributed by atoms with Crippen LogP contribution in [-0.4, -0.2) is 36.7 Å². The van der Waals surface area contributed by atoms with E-state index in [1.54, 1.807) is 6.92 Å². The summed E-state index contributed by atoms with van der Waals surface area (Å²) in [7, 11) is 1.54. The van der Waals surface area contributed by atoms with Crippen LogP contribution in [0.3, 0.4) is 0 Å². The molecule has 0 saturated heterocycles. The van der Waals surface area contributed by atoms with Gasteiger partial charge in [-0.1, -0.05) is 6.92 Å². The van der Waals surface area contributed by atoms with E-state index < -0.39 is 18.1 Å². The van der Waals surface area contributed by atoms with E-state index in [0.717, 1.165) is 20.5 Å². The molecule has 3 nitrogen and oxygen atoms in total. The Hall–Kier alpha value is -1.24. The summed E-state index contributed by atoms with van der Waals surface area (Å²) in [6.07, 6.45) is -3.55. The van der Waals surface area contributed by atoms with E-state index in [1.807, 2.05) is 12.1 Å². The summed E-state index contributed by atoms with van der Waals surface area (Å²) in [6, 6.07) is 3.25. The van der Waals surface area contributed by atoms with Crippen LogP contribution in [0, 0.1) is 0 Å². The highest BCUT2D eigenvalue weighted by Crippen LogP contribution is 2.33. The Morgan fingerprint density at radius 3 is 2.64 bits per heavy atom. The molecule has 0 fully saturated rings. The average Bonchev–Trinajstić information content (AvgIpc) is 2.63. The number of halogens is 4. The molecule has 1 aromatic rings. The number of carbonyl (C=O) groups is 1. The lowest BCUT2D eigenvalue weighted by Gasteiger charge is -2.29. The highest BCUT2D eigenvalue weighted by Gasteiger charge is 2.44. The lowest BCUT2D eigenvalue weighted by Crippen LogP contribution is -2.47. The number of ether oxygens (including phenoxy) is 1. The Kier molecular flexibility index (Phi) is 5.04. The van der Waals surface area contributed by atoms with E-state index in [1.165, 1.54) is 7.11 Å². The molecule has 122 valence electrons. The van der Waals surface area contributed by atoms with E-state index in [-0.39, 0.29) is 6.54 Å². The number of carbonyl (C=O) groups excluding carboxylic acids is 1. The van der Waals surface area contributed by atoms with E-state index >= 15 is 0 Å². The number of hydrogen-bond acceptors (Lipinski definition) is 2. The van der Waals surface area contributed by atoms with Crippen molar-refractivity contribution in [2.24, 2.45) is 0 Å². The maximum absolute atomic E-state index is 12.8. The first-order valence-corrected chi connectivity index (χ1v) is 7.80. The van der Waals surface area contributed by atoms with Crippen LogP contribution < -0.4 is 4.74 Å². The van der Waals surface area contributed by atoms with Crippen LogP contribution in [0.15, 0.2) is 16.6 Å². The first-order valence-electron chi connectivity index (χ1n) is 7.01. The topological polar surface area (TPSA) is 29.5 Å². The van der Waals surface area contributed by atoms with Crippen molar-refractivity contribution >= 4 is 21.8 Å². The van der Waals surface area contributed by atoms with Crippen molar-refractivity contribution in [2.75, 3.05) is 13.7 Å². The number of hydrogen-bond donors (Lipinski definition) is 0. The van der Waals surface area contributed by atoms with Gasteiger partial charge in [0.05, 0.1) is 11.6 Å². The predicted molar refractivity (Wildman–Crippen MR) is 79.9 cm³/mol. The molecule has 0 spiro atoms. The Bertz CT molecular complexity index is 575. The van der Waals surface area contributed by atoms with E-state index in [4.69, 9.17) is 4.74 Å². The molecular weight excluding hydrogens is 363 g/mol. The van der Waals surface area contributed by atoms with Crippen molar-refractivity contribution in [1.29, 1.82) is 0 Å². The maximum Gasteiger partial charge on any atom is 0.471 e. The minimum Gasteiger partial charge on any atom is -0.496 e. The van der Waals surface area contributed by atoms with Crippen molar-refractivity contribution in [3.63, 3.8) is 0 Å². The van der Waals surface area contributed by atoms with Crippen LogP contribution in [0.25, 0.3) is 0 Å². The number of amides is 1. The molecule has 1 unspecified atom stereocenters. The number of nitrogens with zero attached hydrogens (tertiary/aromatic N) is 1. The number of benzene rings is 1. The van der Waals surface area contributed by atoms with Gasteiger partial charge in [-0.2, -0.15) is 13.2 Å². The van der Waals surface area contributed by atoms with Crippen LogP contribution in [0.4, 0.5) is 13.2 Å². The third-order valence-electron chi connectivity index (χ3n) is 3.97. The molecule has 0 aliphatic carbocycles. The molecule has 0 N–H and O–H groups in total. The van der Waals surface area contributed by atoms with Gasteiger partial charge in [-0.15, -0.1) is 0 Å². The summed E-state index contributed by atoms with van der Waals surface area (Å²) in [5, 5.41) is 0. The quantitative estimate of drug-likeness (QED) is 0.783. The van der Waals surface area contributed by atoms with Crippen molar-refractivity contribution in [3.05, 3.63) is 27.7 Å². The summed E-state index contributed by atoms with van der Waals surface area (Å²) >= 11 is 3.39. The third-order valence-corrected chi connectivity index (χ3v) is 4.59. The van der Waals surface area contributed by atoms with Crippen molar-refractivity contribution < 1.29 is 22.7 Å². The molecule has 1 amide bonds. The normalized spacial score (nSPS) is 18.6.